The molecule has 0 spiro atoms. The van der Waals surface area contributed by atoms with Gasteiger partial charge in [0.2, 0.25) is 5.91 Å². The van der Waals surface area contributed by atoms with Crippen LogP contribution in [0.2, 0.25) is 0 Å². The van der Waals surface area contributed by atoms with Crippen molar-refractivity contribution >= 4 is 23.3 Å². The van der Waals surface area contributed by atoms with Crippen LogP contribution in [0.3, 0.4) is 0 Å². The molecular weight excluding hydrogens is 364 g/mol. The van der Waals surface area contributed by atoms with Crippen LogP contribution >= 0.6 is 0 Å². The van der Waals surface area contributed by atoms with Crippen LogP contribution in [0.25, 0.3) is 0 Å². The van der Waals surface area contributed by atoms with Crippen LogP contribution in [0.4, 0.5) is 16.2 Å². The lowest BCUT2D eigenvalue weighted by atomic mass is 10.0. The molecule has 0 unspecified atom stereocenters. The highest BCUT2D eigenvalue weighted by atomic mass is 16.2. The van der Waals surface area contributed by atoms with E-state index in [4.69, 9.17) is 0 Å². The fourth-order valence-electron chi connectivity index (χ4n) is 4.31. The smallest absolute Gasteiger partial charge is 0.319 e. The minimum absolute atomic E-state index is 0.157. The number of nitrogens with one attached hydrogen (secondary N) is 2. The molecule has 1 aliphatic heterocycles. The van der Waals surface area contributed by atoms with Crippen LogP contribution in [0.1, 0.15) is 58.3 Å². The standard InChI is InChI=1S/C23H36N4O2/c1-2-3-14-24-23(29)25-20-9-11-21(12-10-20)26-15-17-27(18-16-26)22(28)13-8-19-6-4-5-7-19/h9-12,19H,2-8,13-18H2,1H3,(H2,24,25,29). The van der Waals surface area contributed by atoms with Crippen LogP contribution in [0.15, 0.2) is 24.3 Å². The lowest BCUT2D eigenvalue weighted by molar-refractivity contribution is -0.131. The lowest BCUT2D eigenvalue weighted by Crippen LogP contribution is -2.48. The number of amides is 3. The maximum absolute atomic E-state index is 12.5. The van der Waals surface area contributed by atoms with Gasteiger partial charge in [-0.15, -0.1) is 0 Å². The molecule has 0 atom stereocenters. The van der Waals surface area contributed by atoms with E-state index in [9.17, 15) is 9.59 Å². The number of rotatable bonds is 8. The van der Waals surface area contributed by atoms with Crippen molar-refractivity contribution in [1.82, 2.24) is 10.2 Å². The SMILES string of the molecule is CCCCNC(=O)Nc1ccc(N2CCN(C(=O)CCC3CCCC3)CC2)cc1. The lowest BCUT2D eigenvalue weighted by Gasteiger charge is -2.36. The predicted molar refractivity (Wildman–Crippen MR) is 118 cm³/mol. The van der Waals surface area contributed by atoms with Gasteiger partial charge in [0, 0.05) is 50.5 Å². The molecule has 3 rings (SSSR count). The van der Waals surface area contributed by atoms with Crippen molar-refractivity contribution in [3.63, 3.8) is 0 Å². The molecule has 1 aromatic carbocycles. The molecule has 160 valence electrons. The van der Waals surface area contributed by atoms with E-state index in [1.54, 1.807) is 0 Å². The van der Waals surface area contributed by atoms with Crippen LogP contribution in [0.5, 0.6) is 0 Å². The van der Waals surface area contributed by atoms with Gasteiger partial charge < -0.3 is 20.4 Å². The van der Waals surface area contributed by atoms with Crippen molar-refractivity contribution in [2.75, 3.05) is 42.9 Å². The Morgan fingerprint density at radius 1 is 1.03 bits per heavy atom. The van der Waals surface area contributed by atoms with Gasteiger partial charge in [-0.25, -0.2) is 4.79 Å². The molecule has 2 aliphatic rings. The van der Waals surface area contributed by atoms with Gasteiger partial charge in [-0.05, 0) is 43.0 Å². The number of hydrogen-bond donors (Lipinski definition) is 2. The highest BCUT2D eigenvalue weighted by Crippen LogP contribution is 2.29. The summed E-state index contributed by atoms with van der Waals surface area (Å²) in [5.41, 5.74) is 1.93. The minimum atomic E-state index is -0.157. The third-order valence-corrected chi connectivity index (χ3v) is 6.18. The molecule has 6 heteroatoms. The van der Waals surface area contributed by atoms with Crippen LogP contribution in [-0.2, 0) is 4.79 Å². The third-order valence-electron chi connectivity index (χ3n) is 6.18. The number of unbranched alkanes of at least 4 members (excludes halogenated alkanes) is 1. The minimum Gasteiger partial charge on any atom is -0.368 e. The number of anilines is 2. The number of piperazine rings is 1. The third kappa shape index (κ3) is 6.65. The molecule has 0 radical (unpaired) electrons. The zero-order chi connectivity index (χ0) is 20.5. The fourth-order valence-corrected chi connectivity index (χ4v) is 4.31. The molecule has 1 heterocycles. The molecule has 0 aromatic heterocycles. The summed E-state index contributed by atoms with van der Waals surface area (Å²) in [7, 11) is 0. The molecule has 2 fully saturated rings. The van der Waals surface area contributed by atoms with Crippen molar-refractivity contribution in [3.8, 4) is 0 Å². The van der Waals surface area contributed by atoms with Gasteiger partial charge in [-0.2, -0.15) is 0 Å². The zero-order valence-corrected chi connectivity index (χ0v) is 17.8. The van der Waals surface area contributed by atoms with Crippen molar-refractivity contribution < 1.29 is 9.59 Å². The Labute approximate surface area is 175 Å². The van der Waals surface area contributed by atoms with Crippen LogP contribution in [-0.4, -0.2) is 49.6 Å². The monoisotopic (exact) mass is 400 g/mol. The van der Waals surface area contributed by atoms with Gasteiger partial charge in [-0.1, -0.05) is 39.0 Å². The first-order valence-corrected chi connectivity index (χ1v) is 11.3. The molecule has 2 N–H and O–H groups in total. The summed E-state index contributed by atoms with van der Waals surface area (Å²) in [5, 5.41) is 5.72. The second kappa shape index (κ2) is 11.1. The van der Waals surface area contributed by atoms with E-state index in [0.717, 1.165) is 62.7 Å². The zero-order valence-electron chi connectivity index (χ0n) is 17.8. The topological polar surface area (TPSA) is 64.7 Å². The van der Waals surface area contributed by atoms with Gasteiger partial charge in [-0.3, -0.25) is 4.79 Å². The summed E-state index contributed by atoms with van der Waals surface area (Å²) in [6, 6.07) is 7.80. The van der Waals surface area contributed by atoms with E-state index in [-0.39, 0.29) is 6.03 Å². The first-order valence-electron chi connectivity index (χ1n) is 11.3. The Morgan fingerprint density at radius 3 is 2.38 bits per heavy atom. The fraction of sp³-hybridized carbons (Fsp3) is 0.652. The molecule has 29 heavy (non-hydrogen) atoms. The van der Waals surface area contributed by atoms with E-state index >= 15 is 0 Å². The number of carbonyl (C=O) groups is 2. The van der Waals surface area contributed by atoms with Gasteiger partial charge >= 0.3 is 6.03 Å². The van der Waals surface area contributed by atoms with Crippen molar-refractivity contribution in [1.29, 1.82) is 0 Å². The predicted octanol–water partition coefficient (Wildman–Crippen LogP) is 4.23. The summed E-state index contributed by atoms with van der Waals surface area (Å²) in [6.45, 7) is 6.11. The Kier molecular flexibility index (Phi) is 8.20. The largest absolute Gasteiger partial charge is 0.368 e. The van der Waals surface area contributed by atoms with E-state index in [1.807, 2.05) is 29.2 Å². The van der Waals surface area contributed by atoms with Gasteiger partial charge in [0.25, 0.3) is 0 Å². The van der Waals surface area contributed by atoms with Crippen molar-refractivity contribution in [2.45, 2.75) is 58.3 Å². The number of urea groups is 1. The van der Waals surface area contributed by atoms with Crippen LogP contribution < -0.4 is 15.5 Å². The highest BCUT2D eigenvalue weighted by Gasteiger charge is 2.23. The second-order valence-electron chi connectivity index (χ2n) is 8.34. The second-order valence-corrected chi connectivity index (χ2v) is 8.34. The molecule has 1 saturated heterocycles. The molecular formula is C23H36N4O2. The summed E-state index contributed by atoms with van der Waals surface area (Å²) in [6.07, 6.45) is 9.14. The summed E-state index contributed by atoms with van der Waals surface area (Å²) < 4.78 is 0. The number of carbonyl (C=O) groups excluding carboxylic acids is 2. The molecule has 1 aliphatic carbocycles. The molecule has 1 aromatic rings. The quantitative estimate of drug-likeness (QED) is 0.642. The van der Waals surface area contributed by atoms with Gasteiger partial charge in [0.1, 0.15) is 0 Å². The summed E-state index contributed by atoms with van der Waals surface area (Å²) in [5.74, 6) is 1.10. The highest BCUT2D eigenvalue weighted by molar-refractivity contribution is 5.89. The molecule has 3 amide bonds. The number of nitrogens with zero attached hydrogens (tertiary/aromatic N) is 2. The first kappa shape index (κ1) is 21.5. The van der Waals surface area contributed by atoms with Crippen molar-refractivity contribution in [2.24, 2.45) is 5.92 Å². The number of hydrogen-bond acceptors (Lipinski definition) is 3. The van der Waals surface area contributed by atoms with Gasteiger partial charge in [0.15, 0.2) is 0 Å². The maximum atomic E-state index is 12.5. The Bertz CT molecular complexity index is 647. The maximum Gasteiger partial charge on any atom is 0.319 e. The van der Waals surface area contributed by atoms with E-state index in [2.05, 4.69) is 22.5 Å². The van der Waals surface area contributed by atoms with E-state index in [1.165, 1.54) is 25.7 Å². The molecule has 6 nitrogen and oxygen atoms in total. The normalized spacial score (nSPS) is 17.4. The van der Waals surface area contributed by atoms with E-state index in [0.29, 0.717) is 18.9 Å². The Morgan fingerprint density at radius 2 is 1.72 bits per heavy atom. The number of benzene rings is 1. The van der Waals surface area contributed by atoms with Gasteiger partial charge in [0.05, 0.1) is 0 Å². The Hall–Kier alpha value is -2.24. The van der Waals surface area contributed by atoms with Crippen molar-refractivity contribution in [3.05, 3.63) is 24.3 Å². The average Bonchev–Trinajstić information content (AvgIpc) is 3.27. The van der Waals surface area contributed by atoms with E-state index < -0.39 is 0 Å². The van der Waals surface area contributed by atoms with Crippen LogP contribution in [0, 0.1) is 5.92 Å². The Balaban J connectivity index is 1.39. The molecule has 0 bridgehead atoms. The first-order chi connectivity index (χ1) is 14.2. The molecule has 1 saturated carbocycles. The summed E-state index contributed by atoms with van der Waals surface area (Å²) >= 11 is 0. The summed E-state index contributed by atoms with van der Waals surface area (Å²) in [4.78, 5) is 28.7. The average molecular weight is 401 g/mol.